The number of nitriles is 1. The number of nitrogens with zero attached hydrogens (tertiary/aromatic N) is 2. The van der Waals surface area contributed by atoms with Gasteiger partial charge in [-0.1, -0.05) is 0 Å². The van der Waals surface area contributed by atoms with E-state index in [-0.39, 0.29) is 31.5 Å². The molecule has 0 bridgehead atoms. The second-order valence-corrected chi connectivity index (χ2v) is 9.27. The van der Waals surface area contributed by atoms with Gasteiger partial charge < -0.3 is 15.0 Å². The number of rotatable bonds is 5. The molecule has 6 nitrogen and oxygen atoms in total. The zero-order valence-electron chi connectivity index (χ0n) is 16.1. The smallest absolute Gasteiger partial charge is 0.409 e. The van der Waals surface area contributed by atoms with Crippen molar-refractivity contribution in [2.24, 2.45) is 5.92 Å². The van der Waals surface area contributed by atoms with E-state index in [0.717, 1.165) is 22.4 Å². The maximum absolute atomic E-state index is 12.9. The van der Waals surface area contributed by atoms with Crippen molar-refractivity contribution in [2.75, 3.05) is 25.0 Å². The summed E-state index contributed by atoms with van der Waals surface area (Å²) in [5, 5.41) is 16.9. The number of fused-ring (bicyclic) bond motifs is 1. The van der Waals surface area contributed by atoms with Crippen molar-refractivity contribution in [3.05, 3.63) is 44.5 Å². The number of thiophene rings is 2. The highest BCUT2D eigenvalue weighted by atomic mass is 32.1. The fourth-order valence-corrected chi connectivity index (χ4v) is 5.50. The molecular formula is C21H20FN3O3S2. The fraction of sp³-hybridized carbons (Fsp3) is 0.381. The molecule has 1 aliphatic carbocycles. The molecule has 1 aliphatic heterocycles. The topological polar surface area (TPSA) is 82.4 Å². The third kappa shape index (κ3) is 4.55. The van der Waals surface area contributed by atoms with Crippen molar-refractivity contribution in [3.8, 4) is 6.07 Å². The minimum atomic E-state index is -0.945. The van der Waals surface area contributed by atoms with E-state index in [1.54, 1.807) is 17.4 Å². The summed E-state index contributed by atoms with van der Waals surface area (Å²) in [6.07, 6.45) is 3.97. The number of anilines is 1. The van der Waals surface area contributed by atoms with Crippen LogP contribution in [-0.2, 0) is 22.4 Å². The van der Waals surface area contributed by atoms with Gasteiger partial charge in [-0.2, -0.15) is 16.6 Å². The summed E-state index contributed by atoms with van der Waals surface area (Å²) in [5.41, 5.74) is 2.46. The highest BCUT2D eigenvalue weighted by Gasteiger charge is 2.32. The number of carbonyl (C=O) groups is 2. The largest absolute Gasteiger partial charge is 0.449 e. The van der Waals surface area contributed by atoms with Crippen LogP contribution >= 0.6 is 22.7 Å². The first-order valence-electron chi connectivity index (χ1n) is 9.65. The summed E-state index contributed by atoms with van der Waals surface area (Å²) in [6.45, 7) is 0.485. The Balaban J connectivity index is 1.36. The van der Waals surface area contributed by atoms with Crippen LogP contribution in [0.1, 0.15) is 28.0 Å². The van der Waals surface area contributed by atoms with Crippen molar-refractivity contribution < 1.29 is 18.7 Å². The molecule has 9 heteroatoms. The molecule has 2 aromatic heterocycles. The molecule has 3 heterocycles. The Labute approximate surface area is 181 Å². The van der Waals surface area contributed by atoms with Crippen molar-refractivity contribution in [3.63, 3.8) is 0 Å². The Hall–Kier alpha value is -2.70. The van der Waals surface area contributed by atoms with Crippen LogP contribution in [0.3, 0.4) is 0 Å². The number of halogens is 1. The van der Waals surface area contributed by atoms with E-state index in [2.05, 4.69) is 11.4 Å². The average molecular weight is 446 g/mol. The van der Waals surface area contributed by atoms with Crippen LogP contribution < -0.4 is 5.32 Å². The SMILES string of the molecule is N#Cc1c(NC(=O)C=Cc2ccsc2)sc2c1CCC(COC(=O)N1CC(F)C1)C2. The monoisotopic (exact) mass is 445 g/mol. The Bertz CT molecular complexity index is 1000. The molecule has 1 saturated heterocycles. The maximum Gasteiger partial charge on any atom is 0.409 e. The molecule has 0 radical (unpaired) electrons. The van der Waals surface area contributed by atoms with Crippen molar-refractivity contribution in [1.29, 1.82) is 5.26 Å². The van der Waals surface area contributed by atoms with Crippen LogP contribution in [0.4, 0.5) is 14.2 Å². The van der Waals surface area contributed by atoms with Gasteiger partial charge in [0.05, 0.1) is 25.3 Å². The normalized spacial score (nSPS) is 18.5. The number of alkyl halides is 1. The van der Waals surface area contributed by atoms with E-state index in [4.69, 9.17) is 4.74 Å². The molecule has 1 unspecified atom stereocenters. The predicted octanol–water partition coefficient (Wildman–Crippen LogP) is 4.23. The van der Waals surface area contributed by atoms with Gasteiger partial charge in [-0.05, 0) is 59.2 Å². The lowest BCUT2D eigenvalue weighted by Crippen LogP contribution is -2.51. The van der Waals surface area contributed by atoms with Gasteiger partial charge in [-0.3, -0.25) is 4.79 Å². The zero-order chi connectivity index (χ0) is 21.1. The summed E-state index contributed by atoms with van der Waals surface area (Å²) in [7, 11) is 0. The molecule has 0 saturated carbocycles. The molecule has 2 aliphatic rings. The van der Waals surface area contributed by atoms with E-state index in [9.17, 15) is 19.2 Å². The number of ether oxygens (including phenoxy) is 1. The van der Waals surface area contributed by atoms with Crippen LogP contribution in [0.15, 0.2) is 22.9 Å². The lowest BCUT2D eigenvalue weighted by atomic mass is 9.88. The molecule has 1 fully saturated rings. The molecule has 1 N–H and O–H groups in total. The number of amides is 2. The molecule has 2 aromatic rings. The second-order valence-electron chi connectivity index (χ2n) is 7.39. The Kier molecular flexibility index (Phi) is 6.16. The molecule has 0 aromatic carbocycles. The molecule has 30 heavy (non-hydrogen) atoms. The maximum atomic E-state index is 12.9. The molecule has 0 spiro atoms. The third-order valence-corrected chi connectivity index (χ3v) is 7.10. The van der Waals surface area contributed by atoms with Gasteiger partial charge in [-0.25, -0.2) is 9.18 Å². The first kappa shape index (κ1) is 20.6. The van der Waals surface area contributed by atoms with Gasteiger partial charge in [-0.15, -0.1) is 11.3 Å². The van der Waals surface area contributed by atoms with Crippen molar-refractivity contribution in [1.82, 2.24) is 4.90 Å². The van der Waals surface area contributed by atoms with E-state index in [1.165, 1.54) is 22.3 Å². The number of hydrogen-bond donors (Lipinski definition) is 1. The van der Waals surface area contributed by atoms with Gasteiger partial charge in [0, 0.05) is 11.0 Å². The quantitative estimate of drug-likeness (QED) is 0.699. The van der Waals surface area contributed by atoms with Crippen LogP contribution in [0.2, 0.25) is 0 Å². The first-order valence-corrected chi connectivity index (χ1v) is 11.4. The third-order valence-electron chi connectivity index (χ3n) is 5.22. The number of likely N-dealkylation sites (tertiary alicyclic amines) is 1. The van der Waals surface area contributed by atoms with Gasteiger partial charge in [0.15, 0.2) is 0 Å². The number of carbonyl (C=O) groups excluding carboxylic acids is 2. The molecule has 1 atom stereocenters. The summed E-state index contributed by atoms with van der Waals surface area (Å²) in [5.74, 6) is -0.126. The Morgan fingerprint density at radius 1 is 1.43 bits per heavy atom. The summed E-state index contributed by atoms with van der Waals surface area (Å²) < 4.78 is 18.2. The van der Waals surface area contributed by atoms with E-state index >= 15 is 0 Å². The summed E-state index contributed by atoms with van der Waals surface area (Å²) >= 11 is 2.97. The molecule has 156 valence electrons. The molecule has 4 rings (SSSR count). The number of hydrogen-bond acceptors (Lipinski definition) is 6. The van der Waals surface area contributed by atoms with E-state index < -0.39 is 12.3 Å². The lowest BCUT2D eigenvalue weighted by Gasteiger charge is -2.33. The van der Waals surface area contributed by atoms with Gasteiger partial charge in [0.1, 0.15) is 17.2 Å². The summed E-state index contributed by atoms with van der Waals surface area (Å²) in [4.78, 5) is 26.5. The standard InChI is InChI=1S/C21H20FN3O3S2/c22-15-9-25(10-15)21(27)28-11-14-1-3-16-17(8-23)20(30-18(16)7-14)24-19(26)4-2-13-5-6-29-12-13/h2,4-6,12,14-15H,1,3,7,9-11H2,(H,24,26). The van der Waals surface area contributed by atoms with Crippen molar-refractivity contribution in [2.45, 2.75) is 25.4 Å². The minimum Gasteiger partial charge on any atom is -0.449 e. The minimum absolute atomic E-state index is 0.105. The van der Waals surface area contributed by atoms with Gasteiger partial charge in [0.25, 0.3) is 0 Å². The van der Waals surface area contributed by atoms with Crippen LogP contribution in [0, 0.1) is 17.2 Å². The Morgan fingerprint density at radius 2 is 2.27 bits per heavy atom. The van der Waals surface area contributed by atoms with Gasteiger partial charge >= 0.3 is 6.09 Å². The summed E-state index contributed by atoms with van der Waals surface area (Å²) in [6, 6.07) is 4.14. The number of nitrogens with one attached hydrogen (secondary N) is 1. The van der Waals surface area contributed by atoms with Gasteiger partial charge in [0.2, 0.25) is 5.91 Å². The van der Waals surface area contributed by atoms with Crippen LogP contribution in [-0.4, -0.2) is 42.8 Å². The van der Waals surface area contributed by atoms with Crippen LogP contribution in [0.25, 0.3) is 6.08 Å². The first-order chi connectivity index (χ1) is 14.5. The zero-order valence-corrected chi connectivity index (χ0v) is 17.7. The highest BCUT2D eigenvalue weighted by molar-refractivity contribution is 7.16. The predicted molar refractivity (Wildman–Crippen MR) is 114 cm³/mol. The Morgan fingerprint density at radius 3 is 2.97 bits per heavy atom. The molecule has 2 amide bonds. The van der Waals surface area contributed by atoms with E-state index in [0.29, 0.717) is 23.4 Å². The van der Waals surface area contributed by atoms with Crippen LogP contribution in [0.5, 0.6) is 0 Å². The second kappa shape index (κ2) is 8.98. The molecular weight excluding hydrogens is 425 g/mol. The average Bonchev–Trinajstić information content (AvgIpc) is 3.34. The fourth-order valence-electron chi connectivity index (χ4n) is 3.55. The van der Waals surface area contributed by atoms with Crippen molar-refractivity contribution >= 4 is 45.8 Å². The van der Waals surface area contributed by atoms with E-state index in [1.807, 2.05) is 16.8 Å². The lowest BCUT2D eigenvalue weighted by molar-refractivity contribution is -0.111. The highest BCUT2D eigenvalue weighted by Crippen LogP contribution is 2.39.